The number of hydrogen-bond acceptors (Lipinski definition) is 4. The first-order chi connectivity index (χ1) is 13.5. The Hall–Kier alpha value is -2.21. The highest BCUT2D eigenvalue weighted by Gasteiger charge is 2.29. The number of piperidine rings is 1. The minimum Gasteiger partial charge on any atom is -0.342 e. The number of carbonyl (C=O) groups is 1. The Kier molecular flexibility index (Phi) is 5.49. The molecule has 1 aromatic heterocycles. The topological polar surface area (TPSA) is 54.3 Å². The lowest BCUT2D eigenvalue weighted by Gasteiger charge is -2.32. The van der Waals surface area contributed by atoms with Crippen LogP contribution in [-0.2, 0) is 24.2 Å². The third kappa shape index (κ3) is 3.97. The van der Waals surface area contributed by atoms with E-state index in [4.69, 9.17) is 0 Å². The number of hydrogen-bond donors (Lipinski definition) is 0. The number of rotatable bonds is 3. The smallest absolute Gasteiger partial charge is 0.227 e. The van der Waals surface area contributed by atoms with Crippen LogP contribution in [0.3, 0.4) is 0 Å². The Morgan fingerprint density at radius 2 is 1.96 bits per heavy atom. The molecule has 3 heterocycles. The normalized spacial score (nSPS) is 20.7. The van der Waals surface area contributed by atoms with E-state index in [2.05, 4.69) is 58.8 Å². The van der Waals surface area contributed by atoms with E-state index >= 15 is 0 Å². The first kappa shape index (κ1) is 19.1. The highest BCUT2D eigenvalue weighted by Crippen LogP contribution is 2.27. The molecule has 6 nitrogen and oxygen atoms in total. The number of benzene rings is 1. The SMILES string of the molecule is Cc1ccc(CC(=O)N2CCCC(c3nnc4n3CCN(C)CC4)C2)cc1C. The van der Waals surface area contributed by atoms with E-state index in [1.807, 2.05) is 4.90 Å². The van der Waals surface area contributed by atoms with E-state index in [-0.39, 0.29) is 5.91 Å². The van der Waals surface area contributed by atoms with E-state index in [1.54, 1.807) is 0 Å². The van der Waals surface area contributed by atoms with Gasteiger partial charge in [0.1, 0.15) is 11.6 Å². The summed E-state index contributed by atoms with van der Waals surface area (Å²) in [7, 11) is 2.16. The minimum atomic E-state index is 0.225. The van der Waals surface area contributed by atoms with Crippen LogP contribution in [0, 0.1) is 13.8 Å². The summed E-state index contributed by atoms with van der Waals surface area (Å²) in [5.41, 5.74) is 3.62. The van der Waals surface area contributed by atoms with Crippen LogP contribution < -0.4 is 0 Å². The van der Waals surface area contributed by atoms with E-state index in [0.29, 0.717) is 12.3 Å². The largest absolute Gasteiger partial charge is 0.342 e. The van der Waals surface area contributed by atoms with Crippen LogP contribution in [0.4, 0.5) is 0 Å². The fourth-order valence-corrected chi connectivity index (χ4v) is 4.37. The van der Waals surface area contributed by atoms with Gasteiger partial charge in [-0.05, 0) is 50.4 Å². The van der Waals surface area contributed by atoms with Crippen LogP contribution in [0.25, 0.3) is 0 Å². The summed E-state index contributed by atoms with van der Waals surface area (Å²) in [5, 5.41) is 9.01. The Morgan fingerprint density at radius 1 is 1.11 bits per heavy atom. The van der Waals surface area contributed by atoms with Crippen LogP contribution in [0.2, 0.25) is 0 Å². The molecule has 4 rings (SSSR count). The third-order valence-electron chi connectivity index (χ3n) is 6.34. The molecule has 0 aliphatic carbocycles. The maximum atomic E-state index is 12.9. The summed E-state index contributed by atoms with van der Waals surface area (Å²) >= 11 is 0. The number of fused-ring (bicyclic) bond motifs is 1. The average molecular weight is 382 g/mol. The number of amides is 1. The van der Waals surface area contributed by atoms with Crippen molar-refractivity contribution in [3.8, 4) is 0 Å². The highest BCUT2D eigenvalue weighted by atomic mass is 16.2. The number of carbonyl (C=O) groups excluding carboxylic acids is 1. The summed E-state index contributed by atoms with van der Waals surface area (Å²) in [5.74, 6) is 2.69. The van der Waals surface area contributed by atoms with Gasteiger partial charge in [-0.3, -0.25) is 4.79 Å². The van der Waals surface area contributed by atoms with Gasteiger partial charge in [-0.15, -0.1) is 10.2 Å². The first-order valence-corrected chi connectivity index (χ1v) is 10.5. The maximum Gasteiger partial charge on any atom is 0.227 e. The predicted molar refractivity (Wildman–Crippen MR) is 109 cm³/mol. The van der Waals surface area contributed by atoms with E-state index in [1.165, 1.54) is 11.1 Å². The quantitative estimate of drug-likeness (QED) is 0.819. The molecule has 0 bridgehead atoms. The summed E-state index contributed by atoms with van der Waals surface area (Å²) in [6.45, 7) is 8.83. The van der Waals surface area contributed by atoms with Crippen molar-refractivity contribution in [2.24, 2.45) is 0 Å². The van der Waals surface area contributed by atoms with Gasteiger partial charge in [0.25, 0.3) is 0 Å². The second-order valence-electron chi connectivity index (χ2n) is 8.45. The van der Waals surface area contributed by atoms with Gasteiger partial charge < -0.3 is 14.4 Å². The lowest BCUT2D eigenvalue weighted by molar-refractivity contribution is -0.131. The van der Waals surface area contributed by atoms with E-state index < -0.39 is 0 Å². The van der Waals surface area contributed by atoms with Crippen LogP contribution in [0.1, 0.15) is 47.1 Å². The van der Waals surface area contributed by atoms with Crippen molar-refractivity contribution in [3.05, 3.63) is 46.5 Å². The molecule has 28 heavy (non-hydrogen) atoms. The number of aromatic nitrogens is 3. The molecule has 0 radical (unpaired) electrons. The molecule has 0 N–H and O–H groups in total. The van der Waals surface area contributed by atoms with E-state index in [9.17, 15) is 4.79 Å². The molecule has 1 atom stereocenters. The van der Waals surface area contributed by atoms with Crippen molar-refractivity contribution in [1.82, 2.24) is 24.6 Å². The molecule has 1 saturated heterocycles. The lowest BCUT2D eigenvalue weighted by atomic mass is 9.96. The van der Waals surface area contributed by atoms with Crippen molar-refractivity contribution < 1.29 is 4.79 Å². The maximum absolute atomic E-state index is 12.9. The van der Waals surface area contributed by atoms with Crippen molar-refractivity contribution in [3.63, 3.8) is 0 Å². The summed E-state index contributed by atoms with van der Waals surface area (Å²) in [4.78, 5) is 17.3. The van der Waals surface area contributed by atoms with Gasteiger partial charge in [0.05, 0.1) is 6.42 Å². The molecule has 1 fully saturated rings. The second-order valence-corrected chi connectivity index (χ2v) is 8.45. The van der Waals surface area contributed by atoms with Gasteiger partial charge in [0, 0.05) is 45.1 Å². The van der Waals surface area contributed by atoms with Crippen LogP contribution in [0.5, 0.6) is 0 Å². The van der Waals surface area contributed by atoms with Crippen molar-refractivity contribution in [1.29, 1.82) is 0 Å². The van der Waals surface area contributed by atoms with Crippen LogP contribution in [0.15, 0.2) is 18.2 Å². The lowest BCUT2D eigenvalue weighted by Crippen LogP contribution is -2.40. The van der Waals surface area contributed by atoms with Crippen molar-refractivity contribution in [2.45, 2.75) is 52.0 Å². The van der Waals surface area contributed by atoms with Crippen LogP contribution in [-0.4, -0.2) is 63.7 Å². The Bertz CT molecular complexity index is 859. The van der Waals surface area contributed by atoms with Gasteiger partial charge in [-0.25, -0.2) is 0 Å². The predicted octanol–water partition coefficient (Wildman–Crippen LogP) is 2.33. The zero-order valence-electron chi connectivity index (χ0n) is 17.3. The molecular weight excluding hydrogens is 350 g/mol. The summed E-state index contributed by atoms with van der Waals surface area (Å²) < 4.78 is 2.31. The van der Waals surface area contributed by atoms with Crippen molar-refractivity contribution >= 4 is 5.91 Å². The Morgan fingerprint density at radius 3 is 2.79 bits per heavy atom. The van der Waals surface area contributed by atoms with Gasteiger partial charge in [0.2, 0.25) is 5.91 Å². The highest BCUT2D eigenvalue weighted by molar-refractivity contribution is 5.79. The third-order valence-corrected chi connectivity index (χ3v) is 6.34. The summed E-state index contributed by atoms with van der Waals surface area (Å²) in [6, 6.07) is 6.33. The Labute approximate surface area is 167 Å². The molecular formula is C22H31N5O. The molecule has 1 unspecified atom stereocenters. The standard InChI is InChI=1S/C22H31N5O/c1-16-6-7-18(13-17(16)2)14-21(28)26-9-4-5-19(15-26)22-24-23-20-8-10-25(3)11-12-27(20)22/h6-7,13,19H,4-5,8-12,14-15H2,1-3H3. The Balaban J connectivity index is 1.45. The number of likely N-dealkylation sites (N-methyl/N-ethyl adjacent to an activating group) is 1. The van der Waals surface area contributed by atoms with E-state index in [0.717, 1.165) is 69.2 Å². The molecule has 150 valence electrons. The zero-order chi connectivity index (χ0) is 19.7. The van der Waals surface area contributed by atoms with Crippen LogP contribution >= 0.6 is 0 Å². The van der Waals surface area contributed by atoms with Crippen molar-refractivity contribution in [2.75, 3.05) is 33.2 Å². The molecule has 1 aromatic carbocycles. The van der Waals surface area contributed by atoms with Gasteiger partial charge in [0.15, 0.2) is 0 Å². The van der Waals surface area contributed by atoms with Gasteiger partial charge in [-0.2, -0.15) is 0 Å². The number of nitrogens with zero attached hydrogens (tertiary/aromatic N) is 5. The van der Waals surface area contributed by atoms with Gasteiger partial charge in [-0.1, -0.05) is 18.2 Å². The monoisotopic (exact) mass is 381 g/mol. The molecule has 1 amide bonds. The zero-order valence-corrected chi connectivity index (χ0v) is 17.3. The molecule has 0 spiro atoms. The summed E-state index contributed by atoms with van der Waals surface area (Å²) in [6.07, 6.45) is 3.55. The minimum absolute atomic E-state index is 0.225. The first-order valence-electron chi connectivity index (χ1n) is 10.5. The fourth-order valence-electron chi connectivity index (χ4n) is 4.37. The molecule has 2 aliphatic heterocycles. The second kappa shape index (κ2) is 8.03. The molecule has 2 aliphatic rings. The fraction of sp³-hybridized carbons (Fsp3) is 0.591. The molecule has 2 aromatic rings. The number of likely N-dealkylation sites (tertiary alicyclic amines) is 1. The molecule has 0 saturated carbocycles. The molecule has 6 heteroatoms. The average Bonchev–Trinajstić information content (AvgIpc) is 3.01. The van der Waals surface area contributed by atoms with Gasteiger partial charge >= 0.3 is 0 Å². The number of aryl methyl sites for hydroxylation is 2.